The van der Waals surface area contributed by atoms with Gasteiger partial charge in [0.1, 0.15) is 0 Å². The maximum atomic E-state index is 12.5. The molecule has 0 aromatic heterocycles. The van der Waals surface area contributed by atoms with E-state index in [2.05, 4.69) is 5.32 Å². The molecule has 0 radical (unpaired) electrons. The van der Waals surface area contributed by atoms with Gasteiger partial charge in [-0.3, -0.25) is 4.79 Å². The molecule has 4 atom stereocenters. The van der Waals surface area contributed by atoms with Crippen molar-refractivity contribution in [1.29, 1.82) is 0 Å². The van der Waals surface area contributed by atoms with Crippen molar-refractivity contribution in [2.24, 2.45) is 5.92 Å². The van der Waals surface area contributed by atoms with Gasteiger partial charge in [0.05, 0.1) is 24.7 Å². The number of rotatable bonds is 2. The van der Waals surface area contributed by atoms with Crippen molar-refractivity contribution in [3.05, 3.63) is 0 Å². The summed E-state index contributed by atoms with van der Waals surface area (Å²) in [5.74, 6) is -1.23. The summed E-state index contributed by atoms with van der Waals surface area (Å²) in [5, 5.41) is 12.2. The van der Waals surface area contributed by atoms with Crippen LogP contribution in [0, 0.1) is 5.92 Å². The second-order valence-electron chi connectivity index (χ2n) is 6.39. The van der Waals surface area contributed by atoms with Crippen LogP contribution in [0.5, 0.6) is 0 Å². The Bertz CT molecular complexity index is 412. The number of hydrogen-bond acceptors (Lipinski definition) is 3. The summed E-state index contributed by atoms with van der Waals surface area (Å²) < 4.78 is 5.78. The Morgan fingerprint density at radius 1 is 1.10 bits per heavy atom. The molecule has 0 spiro atoms. The van der Waals surface area contributed by atoms with Gasteiger partial charge < -0.3 is 20.1 Å². The predicted molar refractivity (Wildman–Crippen MR) is 76.0 cm³/mol. The van der Waals surface area contributed by atoms with Crippen LogP contribution in [0.15, 0.2) is 0 Å². The number of carboxylic acids is 1. The molecule has 3 fully saturated rings. The summed E-state index contributed by atoms with van der Waals surface area (Å²) in [6.45, 7) is 1.19. The van der Waals surface area contributed by atoms with Crippen LogP contribution in [-0.4, -0.2) is 53.3 Å². The molecule has 2 saturated carbocycles. The van der Waals surface area contributed by atoms with E-state index in [1.165, 1.54) is 6.42 Å². The van der Waals surface area contributed by atoms with E-state index in [0.717, 1.165) is 32.1 Å². The summed E-state index contributed by atoms with van der Waals surface area (Å²) in [4.78, 5) is 25.6. The molecule has 21 heavy (non-hydrogen) atoms. The van der Waals surface area contributed by atoms with E-state index >= 15 is 0 Å². The zero-order valence-corrected chi connectivity index (χ0v) is 12.3. The minimum Gasteiger partial charge on any atom is -0.481 e. The molecule has 3 rings (SSSR count). The first-order valence-electron chi connectivity index (χ1n) is 8.08. The number of carbonyl (C=O) groups is 2. The highest BCUT2D eigenvalue weighted by Crippen LogP contribution is 2.30. The second kappa shape index (κ2) is 6.22. The van der Waals surface area contributed by atoms with Crippen molar-refractivity contribution < 1.29 is 19.4 Å². The van der Waals surface area contributed by atoms with E-state index in [9.17, 15) is 14.7 Å². The maximum Gasteiger partial charge on any atom is 0.318 e. The van der Waals surface area contributed by atoms with Gasteiger partial charge in [-0.05, 0) is 25.7 Å². The third-order valence-corrected chi connectivity index (χ3v) is 5.14. The minimum absolute atomic E-state index is 0.103. The third-order valence-electron chi connectivity index (χ3n) is 5.14. The number of hydrogen-bond donors (Lipinski definition) is 2. The van der Waals surface area contributed by atoms with Crippen LogP contribution in [0.25, 0.3) is 0 Å². The van der Waals surface area contributed by atoms with Crippen LogP contribution in [0.1, 0.15) is 44.9 Å². The zero-order chi connectivity index (χ0) is 14.8. The van der Waals surface area contributed by atoms with Crippen molar-refractivity contribution >= 4 is 12.0 Å². The quantitative estimate of drug-likeness (QED) is 0.811. The van der Waals surface area contributed by atoms with Crippen LogP contribution >= 0.6 is 0 Å². The van der Waals surface area contributed by atoms with E-state index in [0.29, 0.717) is 19.6 Å². The fourth-order valence-electron chi connectivity index (χ4n) is 4.02. The average molecular weight is 296 g/mol. The Balaban J connectivity index is 1.62. The number of ether oxygens (including phenoxy) is 1. The first-order chi connectivity index (χ1) is 10.2. The van der Waals surface area contributed by atoms with Gasteiger partial charge in [-0.1, -0.05) is 19.3 Å². The van der Waals surface area contributed by atoms with Crippen molar-refractivity contribution in [1.82, 2.24) is 10.2 Å². The topological polar surface area (TPSA) is 78.9 Å². The smallest absolute Gasteiger partial charge is 0.318 e. The Hall–Kier alpha value is -1.30. The summed E-state index contributed by atoms with van der Waals surface area (Å²) >= 11 is 0. The molecule has 118 valence electrons. The molecule has 2 N–H and O–H groups in total. The van der Waals surface area contributed by atoms with Gasteiger partial charge >= 0.3 is 12.0 Å². The van der Waals surface area contributed by atoms with Crippen LogP contribution in [0.4, 0.5) is 4.79 Å². The zero-order valence-electron chi connectivity index (χ0n) is 12.3. The number of morpholine rings is 1. The molecular formula is C15H24N2O4. The first kappa shape index (κ1) is 14.6. The molecule has 6 nitrogen and oxygen atoms in total. The van der Waals surface area contributed by atoms with Crippen molar-refractivity contribution in [3.8, 4) is 0 Å². The van der Waals surface area contributed by atoms with Crippen molar-refractivity contribution in [2.45, 2.75) is 63.1 Å². The third kappa shape index (κ3) is 3.00. The lowest BCUT2D eigenvalue weighted by Gasteiger charge is -2.44. The molecule has 1 aliphatic heterocycles. The summed E-state index contributed by atoms with van der Waals surface area (Å²) in [7, 11) is 0. The predicted octanol–water partition coefficient (Wildman–Crippen LogP) is 1.59. The summed E-state index contributed by atoms with van der Waals surface area (Å²) in [6.07, 6.45) is 6.78. The van der Waals surface area contributed by atoms with Crippen LogP contribution in [-0.2, 0) is 9.53 Å². The Morgan fingerprint density at radius 3 is 2.71 bits per heavy atom. The number of nitrogens with one attached hydrogen (secondary N) is 1. The van der Waals surface area contributed by atoms with E-state index < -0.39 is 11.9 Å². The summed E-state index contributed by atoms with van der Waals surface area (Å²) in [6, 6.07) is -0.162. The normalized spacial score (nSPS) is 36.1. The second-order valence-corrected chi connectivity index (χ2v) is 6.39. The molecule has 1 heterocycles. The number of urea groups is 1. The van der Waals surface area contributed by atoms with Gasteiger partial charge in [0.25, 0.3) is 0 Å². The molecular weight excluding hydrogens is 272 g/mol. The van der Waals surface area contributed by atoms with Gasteiger partial charge in [0.2, 0.25) is 0 Å². The van der Waals surface area contributed by atoms with Gasteiger partial charge in [0, 0.05) is 12.6 Å². The van der Waals surface area contributed by atoms with Gasteiger partial charge in [-0.25, -0.2) is 4.79 Å². The van der Waals surface area contributed by atoms with E-state index in [1.807, 2.05) is 4.90 Å². The van der Waals surface area contributed by atoms with Crippen molar-refractivity contribution in [2.75, 3.05) is 13.2 Å². The van der Waals surface area contributed by atoms with E-state index in [1.54, 1.807) is 0 Å². The highest BCUT2D eigenvalue weighted by Gasteiger charge is 2.39. The lowest BCUT2D eigenvalue weighted by atomic mass is 9.90. The minimum atomic E-state index is -0.796. The fraction of sp³-hybridized carbons (Fsp3) is 0.867. The summed E-state index contributed by atoms with van der Waals surface area (Å²) in [5.41, 5.74) is 0. The average Bonchev–Trinajstić information content (AvgIpc) is 2.95. The van der Waals surface area contributed by atoms with Crippen molar-refractivity contribution in [3.63, 3.8) is 0 Å². The standard InChI is InChI=1S/C15H24N2O4/c18-14(19)10-4-3-5-11(10)16-15(20)17-8-9-21-13-7-2-1-6-12(13)17/h10-13H,1-9H2,(H,16,20)(H,18,19). The van der Waals surface area contributed by atoms with Gasteiger partial charge in [-0.15, -0.1) is 0 Å². The molecule has 0 bridgehead atoms. The van der Waals surface area contributed by atoms with Crippen LogP contribution in [0.3, 0.4) is 0 Å². The fourth-order valence-corrected chi connectivity index (χ4v) is 4.02. The highest BCUT2D eigenvalue weighted by atomic mass is 16.5. The SMILES string of the molecule is O=C(O)C1CCCC1NC(=O)N1CCOC2CCCCC21. The molecule has 4 unspecified atom stereocenters. The molecule has 0 aromatic carbocycles. The van der Waals surface area contributed by atoms with Crippen LogP contribution < -0.4 is 5.32 Å². The largest absolute Gasteiger partial charge is 0.481 e. The first-order valence-corrected chi connectivity index (χ1v) is 8.08. The van der Waals surface area contributed by atoms with Gasteiger partial charge in [0.15, 0.2) is 0 Å². The number of carboxylic acid groups (broad SMARTS) is 1. The highest BCUT2D eigenvalue weighted by molar-refractivity contribution is 5.77. The molecule has 1 saturated heterocycles. The molecule has 2 aliphatic carbocycles. The molecule has 3 aliphatic rings. The van der Waals surface area contributed by atoms with E-state index in [4.69, 9.17) is 4.74 Å². The Labute approximate surface area is 124 Å². The maximum absolute atomic E-state index is 12.5. The number of amides is 2. The van der Waals surface area contributed by atoms with Crippen LogP contribution in [0.2, 0.25) is 0 Å². The number of nitrogens with zero attached hydrogens (tertiary/aromatic N) is 1. The number of aliphatic carboxylic acids is 1. The molecule has 0 aromatic rings. The Morgan fingerprint density at radius 2 is 1.90 bits per heavy atom. The number of fused-ring (bicyclic) bond motifs is 1. The molecule has 6 heteroatoms. The Kier molecular flexibility index (Phi) is 4.33. The lowest BCUT2D eigenvalue weighted by Crippen LogP contribution is -2.59. The number of carbonyl (C=O) groups excluding carboxylic acids is 1. The monoisotopic (exact) mass is 296 g/mol. The lowest BCUT2D eigenvalue weighted by molar-refractivity contribution is -0.142. The van der Waals surface area contributed by atoms with E-state index in [-0.39, 0.29) is 24.2 Å². The van der Waals surface area contributed by atoms with Gasteiger partial charge in [-0.2, -0.15) is 0 Å². The molecule has 2 amide bonds.